The van der Waals surface area contributed by atoms with Crippen molar-refractivity contribution in [3.63, 3.8) is 0 Å². The highest BCUT2D eigenvalue weighted by atomic mass is 32.1. The summed E-state index contributed by atoms with van der Waals surface area (Å²) in [7, 11) is 1.63. The number of aliphatic hydroxyl groups excluding tert-OH is 1. The predicted molar refractivity (Wildman–Crippen MR) is 87.4 cm³/mol. The number of aliphatic hydroxyl groups is 1. The van der Waals surface area contributed by atoms with E-state index in [0.29, 0.717) is 33.0 Å². The minimum Gasteiger partial charge on any atom is -0.391 e. The smallest absolute Gasteiger partial charge is 0.262 e. The molecule has 0 radical (unpaired) electrons. The standard InChI is InChI=1S/C15H21N3O3S/c1-8(2)5-10(19)6-16-13(20)12-9(3)11-14(22-12)17-7-18(4)15(11)21/h7-8,10,19H,5-6H2,1-4H3,(H,16,20). The fraction of sp³-hybridized carbons (Fsp3) is 0.533. The second kappa shape index (κ2) is 6.58. The number of nitrogens with zero attached hydrogens (tertiary/aromatic N) is 2. The van der Waals surface area contributed by atoms with Crippen molar-refractivity contribution in [1.29, 1.82) is 0 Å². The molecule has 0 fully saturated rings. The summed E-state index contributed by atoms with van der Waals surface area (Å²) in [5, 5.41) is 13.0. The first kappa shape index (κ1) is 16.6. The van der Waals surface area contributed by atoms with Crippen molar-refractivity contribution in [3.8, 4) is 0 Å². The molecular weight excluding hydrogens is 302 g/mol. The second-order valence-corrected chi connectivity index (χ2v) is 6.89. The number of nitrogens with one attached hydrogen (secondary N) is 1. The van der Waals surface area contributed by atoms with Gasteiger partial charge in [-0.3, -0.25) is 9.59 Å². The van der Waals surface area contributed by atoms with Crippen LogP contribution in [0.15, 0.2) is 11.1 Å². The van der Waals surface area contributed by atoms with Crippen molar-refractivity contribution in [1.82, 2.24) is 14.9 Å². The average Bonchev–Trinajstić information content (AvgIpc) is 2.77. The third-order valence-electron chi connectivity index (χ3n) is 3.46. The monoisotopic (exact) mass is 323 g/mol. The van der Waals surface area contributed by atoms with Crippen LogP contribution in [0.1, 0.15) is 35.5 Å². The molecule has 2 aromatic rings. The zero-order valence-corrected chi connectivity index (χ0v) is 14.0. The lowest BCUT2D eigenvalue weighted by Crippen LogP contribution is -2.32. The van der Waals surface area contributed by atoms with Gasteiger partial charge in [0.25, 0.3) is 11.5 Å². The number of thiophene rings is 1. The third kappa shape index (κ3) is 3.36. The summed E-state index contributed by atoms with van der Waals surface area (Å²) < 4.78 is 1.40. The SMILES string of the molecule is Cc1c(C(=O)NCC(O)CC(C)C)sc2ncn(C)c(=O)c12. The largest absolute Gasteiger partial charge is 0.391 e. The van der Waals surface area contributed by atoms with Crippen LogP contribution in [0, 0.1) is 12.8 Å². The molecule has 6 nitrogen and oxygen atoms in total. The normalized spacial score (nSPS) is 12.8. The van der Waals surface area contributed by atoms with Crippen LogP contribution < -0.4 is 10.9 Å². The van der Waals surface area contributed by atoms with Gasteiger partial charge in [-0.25, -0.2) is 4.98 Å². The first-order chi connectivity index (χ1) is 10.3. The molecule has 1 unspecified atom stereocenters. The zero-order valence-electron chi connectivity index (χ0n) is 13.2. The Hall–Kier alpha value is -1.73. The van der Waals surface area contributed by atoms with Gasteiger partial charge in [-0.2, -0.15) is 0 Å². The molecule has 1 amide bonds. The number of carbonyl (C=O) groups is 1. The highest BCUT2D eigenvalue weighted by molar-refractivity contribution is 7.20. The Labute approximate surface area is 132 Å². The molecule has 2 N–H and O–H groups in total. The van der Waals surface area contributed by atoms with Gasteiger partial charge in [-0.05, 0) is 24.8 Å². The highest BCUT2D eigenvalue weighted by Gasteiger charge is 2.19. The lowest BCUT2D eigenvalue weighted by molar-refractivity contribution is 0.0903. The van der Waals surface area contributed by atoms with Crippen LogP contribution in [0.2, 0.25) is 0 Å². The summed E-state index contributed by atoms with van der Waals surface area (Å²) in [6.45, 7) is 5.99. The quantitative estimate of drug-likeness (QED) is 0.872. The van der Waals surface area contributed by atoms with Gasteiger partial charge in [0, 0.05) is 13.6 Å². The topological polar surface area (TPSA) is 84.2 Å². The minimum atomic E-state index is -0.565. The Morgan fingerprint density at radius 2 is 2.18 bits per heavy atom. The lowest BCUT2D eigenvalue weighted by atomic mass is 10.1. The first-order valence-corrected chi connectivity index (χ1v) is 8.04. The molecule has 7 heteroatoms. The van der Waals surface area contributed by atoms with Crippen LogP contribution in [-0.2, 0) is 7.05 Å². The van der Waals surface area contributed by atoms with E-state index in [0.717, 1.165) is 0 Å². The number of fused-ring (bicyclic) bond motifs is 1. The van der Waals surface area contributed by atoms with Gasteiger partial charge in [0.1, 0.15) is 4.83 Å². The van der Waals surface area contributed by atoms with E-state index in [1.165, 1.54) is 22.2 Å². The zero-order chi connectivity index (χ0) is 16.4. The first-order valence-electron chi connectivity index (χ1n) is 7.22. The number of aromatic nitrogens is 2. The third-order valence-corrected chi connectivity index (χ3v) is 4.66. The number of aryl methyl sites for hydroxylation is 2. The van der Waals surface area contributed by atoms with Crippen LogP contribution in [0.4, 0.5) is 0 Å². The van der Waals surface area contributed by atoms with Gasteiger partial charge in [-0.15, -0.1) is 11.3 Å². The van der Waals surface area contributed by atoms with Crippen molar-refractivity contribution < 1.29 is 9.90 Å². The summed E-state index contributed by atoms with van der Waals surface area (Å²) in [6.07, 6.45) is 1.52. The fourth-order valence-corrected chi connectivity index (χ4v) is 3.40. The molecule has 2 rings (SSSR count). The van der Waals surface area contributed by atoms with Gasteiger partial charge in [0.15, 0.2) is 0 Å². The van der Waals surface area contributed by atoms with Gasteiger partial charge in [-0.1, -0.05) is 13.8 Å². The lowest BCUT2D eigenvalue weighted by Gasteiger charge is -2.13. The molecule has 0 aliphatic heterocycles. The summed E-state index contributed by atoms with van der Waals surface area (Å²) in [5.41, 5.74) is 0.488. The van der Waals surface area contributed by atoms with E-state index in [1.807, 2.05) is 13.8 Å². The fourth-order valence-electron chi connectivity index (χ4n) is 2.34. The van der Waals surface area contributed by atoms with E-state index in [9.17, 15) is 14.7 Å². The molecule has 0 aliphatic carbocycles. The Morgan fingerprint density at radius 1 is 1.50 bits per heavy atom. The summed E-state index contributed by atoms with van der Waals surface area (Å²) in [4.78, 5) is 29.6. The molecule has 0 spiro atoms. The van der Waals surface area contributed by atoms with Crippen LogP contribution >= 0.6 is 11.3 Å². The maximum atomic E-state index is 12.3. The molecule has 0 aromatic carbocycles. The number of hydrogen-bond acceptors (Lipinski definition) is 5. The Balaban J connectivity index is 2.21. The molecule has 0 saturated carbocycles. The van der Waals surface area contributed by atoms with Crippen LogP contribution in [-0.4, -0.2) is 33.2 Å². The predicted octanol–water partition coefficient (Wildman–Crippen LogP) is 1.44. The van der Waals surface area contributed by atoms with Crippen molar-refractivity contribution in [3.05, 3.63) is 27.1 Å². The maximum Gasteiger partial charge on any atom is 0.262 e. The Kier molecular flexibility index (Phi) is 4.97. The number of rotatable bonds is 5. The van der Waals surface area contributed by atoms with Crippen molar-refractivity contribution in [2.45, 2.75) is 33.3 Å². The number of amides is 1. The molecule has 2 aromatic heterocycles. The average molecular weight is 323 g/mol. The molecule has 120 valence electrons. The Bertz CT molecular complexity index is 748. The van der Waals surface area contributed by atoms with E-state index in [4.69, 9.17) is 0 Å². The molecule has 0 bridgehead atoms. The molecule has 0 aliphatic rings. The summed E-state index contributed by atoms with van der Waals surface area (Å²) in [6, 6.07) is 0. The van der Waals surface area contributed by atoms with E-state index in [-0.39, 0.29) is 18.0 Å². The van der Waals surface area contributed by atoms with Crippen molar-refractivity contribution in [2.24, 2.45) is 13.0 Å². The molecular formula is C15H21N3O3S. The molecule has 0 saturated heterocycles. The van der Waals surface area contributed by atoms with E-state index >= 15 is 0 Å². The van der Waals surface area contributed by atoms with Gasteiger partial charge in [0.05, 0.1) is 22.7 Å². The number of hydrogen-bond donors (Lipinski definition) is 2. The molecule has 1 atom stereocenters. The highest BCUT2D eigenvalue weighted by Crippen LogP contribution is 2.26. The number of carbonyl (C=O) groups excluding carboxylic acids is 1. The van der Waals surface area contributed by atoms with Crippen molar-refractivity contribution in [2.75, 3.05) is 6.54 Å². The van der Waals surface area contributed by atoms with Crippen LogP contribution in [0.3, 0.4) is 0 Å². The van der Waals surface area contributed by atoms with Crippen LogP contribution in [0.5, 0.6) is 0 Å². The molecule has 2 heterocycles. The van der Waals surface area contributed by atoms with E-state index < -0.39 is 6.10 Å². The Morgan fingerprint density at radius 3 is 2.82 bits per heavy atom. The van der Waals surface area contributed by atoms with Gasteiger partial charge < -0.3 is 15.0 Å². The van der Waals surface area contributed by atoms with E-state index in [1.54, 1.807) is 14.0 Å². The van der Waals surface area contributed by atoms with Crippen LogP contribution in [0.25, 0.3) is 10.2 Å². The molecule has 22 heavy (non-hydrogen) atoms. The van der Waals surface area contributed by atoms with Gasteiger partial charge in [0.2, 0.25) is 0 Å². The maximum absolute atomic E-state index is 12.3. The summed E-state index contributed by atoms with van der Waals surface area (Å²) >= 11 is 1.20. The summed E-state index contributed by atoms with van der Waals surface area (Å²) in [5.74, 6) is 0.0931. The second-order valence-electron chi connectivity index (χ2n) is 5.89. The van der Waals surface area contributed by atoms with Crippen molar-refractivity contribution >= 4 is 27.5 Å². The minimum absolute atomic E-state index is 0.155. The van der Waals surface area contributed by atoms with Gasteiger partial charge >= 0.3 is 0 Å². The van der Waals surface area contributed by atoms with E-state index in [2.05, 4.69) is 10.3 Å².